The van der Waals surface area contributed by atoms with Crippen LogP contribution in [-0.2, 0) is 21.2 Å². The van der Waals surface area contributed by atoms with Gasteiger partial charge in [0.2, 0.25) is 5.91 Å². The highest BCUT2D eigenvalue weighted by molar-refractivity contribution is 7.93. The number of phenolic OH excluding ortho intramolecular Hbond substituents is 2. The molecule has 11 heteroatoms. The summed E-state index contributed by atoms with van der Waals surface area (Å²) in [5, 5.41) is 32.4. The van der Waals surface area contributed by atoms with E-state index in [1.807, 2.05) is 0 Å². The lowest BCUT2D eigenvalue weighted by Crippen LogP contribution is -2.51. The fourth-order valence-corrected chi connectivity index (χ4v) is 7.15. The van der Waals surface area contributed by atoms with Crippen molar-refractivity contribution in [3.05, 3.63) is 114 Å². The molecule has 1 unspecified atom stereocenters. The molecule has 46 heavy (non-hydrogen) atoms. The van der Waals surface area contributed by atoms with E-state index >= 15 is 0 Å². The van der Waals surface area contributed by atoms with E-state index in [4.69, 9.17) is 0 Å². The largest absolute Gasteiger partial charge is 0.508 e. The quantitative estimate of drug-likeness (QED) is 0.187. The zero-order valence-corrected chi connectivity index (χ0v) is 26.0. The third-order valence-corrected chi connectivity index (χ3v) is 9.95. The van der Waals surface area contributed by atoms with Gasteiger partial charge in [0.15, 0.2) is 0 Å². The monoisotopic (exact) mass is 643 g/mol. The van der Waals surface area contributed by atoms with Crippen LogP contribution in [0.5, 0.6) is 11.5 Å². The Morgan fingerprint density at radius 1 is 0.848 bits per heavy atom. The number of hydrogen-bond acceptors (Lipinski definition) is 7. The molecule has 0 radical (unpaired) electrons. The number of carbonyl (C=O) groups is 2. The summed E-state index contributed by atoms with van der Waals surface area (Å²) in [4.78, 5) is 28.8. The lowest BCUT2D eigenvalue weighted by Gasteiger charge is -2.34. The number of piperidine rings is 1. The van der Waals surface area contributed by atoms with Gasteiger partial charge >= 0.3 is 0 Å². The number of nitrogens with one attached hydrogen (secondary N) is 1. The van der Waals surface area contributed by atoms with Crippen molar-refractivity contribution in [1.82, 2.24) is 10.2 Å². The predicted octanol–water partition coefficient (Wildman–Crippen LogP) is 4.59. The lowest BCUT2D eigenvalue weighted by molar-refractivity contribution is -0.134. The first-order valence-electron chi connectivity index (χ1n) is 15.1. The van der Waals surface area contributed by atoms with Crippen LogP contribution in [0, 0.1) is 5.92 Å². The molecule has 0 saturated carbocycles. The Labute approximate surface area is 268 Å². The smallest absolute Gasteiger partial charge is 0.268 e. The Morgan fingerprint density at radius 2 is 1.48 bits per heavy atom. The van der Waals surface area contributed by atoms with Gasteiger partial charge in [0.1, 0.15) is 17.5 Å². The van der Waals surface area contributed by atoms with E-state index in [-0.39, 0.29) is 46.6 Å². The van der Waals surface area contributed by atoms with E-state index in [9.17, 15) is 33.3 Å². The maximum atomic E-state index is 13.9. The van der Waals surface area contributed by atoms with Crippen molar-refractivity contribution in [2.24, 2.45) is 5.92 Å². The third kappa shape index (κ3) is 7.49. The molecule has 1 aliphatic heterocycles. The van der Waals surface area contributed by atoms with Crippen LogP contribution in [0.15, 0.2) is 108 Å². The van der Waals surface area contributed by atoms with Crippen LogP contribution >= 0.6 is 0 Å². The number of sulfonamides is 1. The maximum absolute atomic E-state index is 13.9. The molecule has 0 aliphatic carbocycles. The number of likely N-dealkylation sites (tertiary alicyclic amines) is 1. The highest BCUT2D eigenvalue weighted by Gasteiger charge is 2.31. The summed E-state index contributed by atoms with van der Waals surface area (Å²) in [6.45, 7) is 1.15. The molecule has 0 spiro atoms. The van der Waals surface area contributed by atoms with Crippen LogP contribution < -0.4 is 9.62 Å². The number of benzene rings is 4. The summed E-state index contributed by atoms with van der Waals surface area (Å²) in [6.07, 6.45) is 2.42. The molecule has 4 aromatic carbocycles. The zero-order chi connectivity index (χ0) is 32.7. The number of para-hydroxylation sites is 3. The average Bonchev–Trinajstić information content (AvgIpc) is 3.07. The topological polar surface area (TPSA) is 147 Å². The molecule has 4 N–H and O–H groups in total. The summed E-state index contributed by atoms with van der Waals surface area (Å²) < 4.78 is 28.9. The standard InChI is InChI=1S/C35H37N3O7S/c39-23-20-25-18-21-37(22-19-25)35(43)31(24-26-10-14-29(40)15-11-26)36-34(42)27-12-16-30(17-13-27)46(44,45)38(28-6-2-1-3-7-28)32-8-4-5-9-33(32)41/h1-17,25,31,39-41H,18-24H2,(H,36,42). The van der Waals surface area contributed by atoms with Gasteiger partial charge in [-0.25, -0.2) is 12.7 Å². The van der Waals surface area contributed by atoms with E-state index in [1.54, 1.807) is 59.5 Å². The van der Waals surface area contributed by atoms with E-state index in [0.29, 0.717) is 31.1 Å². The zero-order valence-electron chi connectivity index (χ0n) is 25.2. The predicted molar refractivity (Wildman–Crippen MR) is 174 cm³/mol. The maximum Gasteiger partial charge on any atom is 0.268 e. The van der Waals surface area contributed by atoms with Gasteiger partial charge in [0, 0.05) is 31.7 Å². The van der Waals surface area contributed by atoms with Gasteiger partial charge in [-0.15, -0.1) is 0 Å². The fourth-order valence-electron chi connectivity index (χ4n) is 5.64. The SMILES string of the molecule is O=C(NC(Cc1ccc(O)cc1)C(=O)N1CCC(CCO)CC1)c1ccc(S(=O)(=O)N(c2ccccc2)c2ccccc2O)cc1. The van der Waals surface area contributed by atoms with Gasteiger partial charge in [0.25, 0.3) is 15.9 Å². The third-order valence-electron chi connectivity index (χ3n) is 8.19. The summed E-state index contributed by atoms with van der Waals surface area (Å²) in [5.41, 5.74) is 1.31. The van der Waals surface area contributed by atoms with Crippen molar-refractivity contribution < 1.29 is 33.3 Å². The number of aromatic hydroxyl groups is 2. The Bertz CT molecular complexity index is 1740. The van der Waals surface area contributed by atoms with E-state index in [2.05, 4.69) is 5.32 Å². The van der Waals surface area contributed by atoms with E-state index in [1.165, 1.54) is 48.5 Å². The van der Waals surface area contributed by atoms with Crippen molar-refractivity contribution in [2.45, 2.75) is 36.6 Å². The minimum absolute atomic E-state index is 0.0755. The number of nitrogens with zero attached hydrogens (tertiary/aromatic N) is 2. The molecule has 4 aromatic rings. The number of rotatable bonds is 11. The van der Waals surface area contributed by atoms with Crippen LogP contribution in [-0.4, -0.2) is 66.2 Å². The Balaban J connectivity index is 1.37. The summed E-state index contributed by atoms with van der Waals surface area (Å²) in [5.74, 6) is -0.559. The van der Waals surface area contributed by atoms with Crippen molar-refractivity contribution >= 4 is 33.2 Å². The van der Waals surface area contributed by atoms with Gasteiger partial charge in [-0.1, -0.05) is 42.5 Å². The van der Waals surface area contributed by atoms with Crippen molar-refractivity contribution in [2.75, 3.05) is 24.0 Å². The minimum atomic E-state index is -4.23. The molecule has 1 atom stereocenters. The van der Waals surface area contributed by atoms with Crippen LogP contribution in [0.1, 0.15) is 35.2 Å². The Hall–Kier alpha value is -4.87. The van der Waals surface area contributed by atoms with Gasteiger partial charge in [-0.2, -0.15) is 0 Å². The number of amides is 2. The molecule has 1 saturated heterocycles. The van der Waals surface area contributed by atoms with E-state index in [0.717, 1.165) is 22.7 Å². The first-order valence-corrected chi connectivity index (χ1v) is 16.6. The number of anilines is 2. The Morgan fingerprint density at radius 3 is 2.11 bits per heavy atom. The first kappa shape index (κ1) is 32.5. The molecule has 1 heterocycles. The Kier molecular flexibility index (Phi) is 10.2. The molecular formula is C35H37N3O7S. The van der Waals surface area contributed by atoms with Crippen LogP contribution in [0.4, 0.5) is 11.4 Å². The summed E-state index contributed by atoms with van der Waals surface area (Å²) >= 11 is 0. The second-order valence-corrected chi connectivity index (χ2v) is 13.1. The van der Waals surface area contributed by atoms with Crippen LogP contribution in [0.3, 0.4) is 0 Å². The van der Waals surface area contributed by atoms with Gasteiger partial charge in [-0.05, 0) is 91.4 Å². The molecule has 0 aromatic heterocycles. The highest BCUT2D eigenvalue weighted by Crippen LogP contribution is 2.37. The van der Waals surface area contributed by atoms with Crippen LogP contribution in [0.25, 0.3) is 0 Å². The molecular weight excluding hydrogens is 606 g/mol. The number of carbonyl (C=O) groups excluding carboxylic acids is 2. The van der Waals surface area contributed by atoms with Crippen molar-refractivity contribution in [3.8, 4) is 11.5 Å². The first-order chi connectivity index (χ1) is 22.2. The number of phenols is 2. The molecule has 2 amide bonds. The number of aliphatic hydroxyl groups excluding tert-OH is 1. The second-order valence-electron chi connectivity index (χ2n) is 11.3. The second kappa shape index (κ2) is 14.5. The number of hydrogen-bond donors (Lipinski definition) is 4. The van der Waals surface area contributed by atoms with E-state index < -0.39 is 22.0 Å². The molecule has 10 nitrogen and oxygen atoms in total. The molecule has 1 aliphatic rings. The van der Waals surface area contributed by atoms with Crippen molar-refractivity contribution in [1.29, 1.82) is 0 Å². The van der Waals surface area contributed by atoms with Gasteiger partial charge in [-0.3, -0.25) is 9.59 Å². The molecule has 1 fully saturated rings. The number of aliphatic hydroxyl groups is 1. The van der Waals surface area contributed by atoms with Gasteiger partial charge < -0.3 is 25.5 Å². The molecule has 0 bridgehead atoms. The fraction of sp³-hybridized carbons (Fsp3) is 0.257. The highest BCUT2D eigenvalue weighted by atomic mass is 32.2. The molecule has 240 valence electrons. The van der Waals surface area contributed by atoms with Gasteiger partial charge in [0.05, 0.1) is 16.3 Å². The summed E-state index contributed by atoms with van der Waals surface area (Å²) in [7, 11) is -4.23. The summed E-state index contributed by atoms with van der Waals surface area (Å²) in [6, 6.07) is 25.5. The van der Waals surface area contributed by atoms with Crippen molar-refractivity contribution in [3.63, 3.8) is 0 Å². The normalized spacial score (nSPS) is 14.4. The molecule has 5 rings (SSSR count). The van der Waals surface area contributed by atoms with Crippen LogP contribution in [0.2, 0.25) is 0 Å². The minimum Gasteiger partial charge on any atom is -0.508 e. The average molecular weight is 644 g/mol. The lowest BCUT2D eigenvalue weighted by atomic mass is 9.93.